The Labute approximate surface area is 215 Å². The fourth-order valence-electron chi connectivity index (χ4n) is 4.35. The van der Waals surface area contributed by atoms with E-state index in [1.54, 1.807) is 50.3 Å². The number of aryl methyl sites for hydroxylation is 2. The van der Waals surface area contributed by atoms with E-state index in [1.807, 2.05) is 6.92 Å². The van der Waals surface area contributed by atoms with Crippen molar-refractivity contribution in [3.05, 3.63) is 93.0 Å². The first-order valence-corrected chi connectivity index (χ1v) is 12.9. The number of allylic oxidation sites excluding steroid dienone is 1. The quantitative estimate of drug-likeness (QED) is 0.324. The lowest BCUT2D eigenvalue weighted by Gasteiger charge is -2.19. The van der Waals surface area contributed by atoms with Gasteiger partial charge in [0, 0.05) is 11.1 Å². The van der Waals surface area contributed by atoms with Gasteiger partial charge in [-0.3, -0.25) is 0 Å². The first kappa shape index (κ1) is 26.0. The second-order valence-corrected chi connectivity index (χ2v) is 10.2. The number of fused-ring (bicyclic) bond motifs is 1. The molecule has 37 heavy (non-hydrogen) atoms. The van der Waals surface area contributed by atoms with Crippen molar-refractivity contribution in [1.29, 1.82) is 0 Å². The third-order valence-electron chi connectivity index (χ3n) is 6.29. The van der Waals surface area contributed by atoms with Crippen LogP contribution in [0.2, 0.25) is 0 Å². The highest BCUT2D eigenvalue weighted by Crippen LogP contribution is 2.43. The molecule has 8 nitrogen and oxygen atoms in total. The topological polar surface area (TPSA) is 116 Å². The number of esters is 1. The summed E-state index contributed by atoms with van der Waals surface area (Å²) >= 11 is 0. The molecule has 0 aliphatic carbocycles. The molecule has 0 fully saturated rings. The molecule has 3 aromatic carbocycles. The van der Waals surface area contributed by atoms with Crippen molar-refractivity contribution in [2.24, 2.45) is 0 Å². The number of carboxylic acid groups (broad SMARTS) is 1. The molecule has 0 aromatic heterocycles. The number of cyclic esters (lactones) is 1. The van der Waals surface area contributed by atoms with Gasteiger partial charge in [-0.15, -0.1) is 0 Å². The number of carbonyl (C=O) groups excluding carboxylic acids is 1. The Bertz CT molecular complexity index is 1530. The van der Waals surface area contributed by atoms with Crippen molar-refractivity contribution < 1.29 is 36.8 Å². The maximum atomic E-state index is 13.2. The van der Waals surface area contributed by atoms with Gasteiger partial charge < -0.3 is 18.8 Å². The van der Waals surface area contributed by atoms with Crippen molar-refractivity contribution >= 4 is 28.1 Å². The predicted molar refractivity (Wildman–Crippen MR) is 137 cm³/mol. The molecule has 0 spiro atoms. The van der Waals surface area contributed by atoms with E-state index in [2.05, 4.69) is 0 Å². The summed E-state index contributed by atoms with van der Waals surface area (Å²) in [4.78, 5) is 24.3. The molecule has 192 valence electrons. The van der Waals surface area contributed by atoms with Gasteiger partial charge in [0.2, 0.25) is 0 Å². The number of carboxylic acids is 1. The molecule has 3 aromatic rings. The van der Waals surface area contributed by atoms with E-state index in [9.17, 15) is 23.1 Å². The summed E-state index contributed by atoms with van der Waals surface area (Å²) in [6, 6.07) is 11.1. The Morgan fingerprint density at radius 2 is 1.78 bits per heavy atom. The zero-order chi connectivity index (χ0) is 26.9. The van der Waals surface area contributed by atoms with Gasteiger partial charge in [-0.2, -0.15) is 8.42 Å². The lowest BCUT2D eigenvalue weighted by atomic mass is 9.94. The average molecular weight is 523 g/mol. The Morgan fingerprint density at radius 1 is 1.08 bits per heavy atom. The Kier molecular flexibility index (Phi) is 7.09. The number of methoxy groups -OCH3 is 1. The van der Waals surface area contributed by atoms with Gasteiger partial charge in [-0.05, 0) is 62.1 Å². The minimum Gasteiger partial charge on any atom is -0.496 e. The van der Waals surface area contributed by atoms with Crippen molar-refractivity contribution in [3.8, 4) is 11.5 Å². The normalized spacial score (nSPS) is 12.9. The van der Waals surface area contributed by atoms with Crippen LogP contribution >= 0.6 is 0 Å². The summed E-state index contributed by atoms with van der Waals surface area (Å²) in [6.07, 6.45) is 3.43. The Hall–Kier alpha value is -4.11. The van der Waals surface area contributed by atoms with Gasteiger partial charge in [-0.25, -0.2) is 9.59 Å². The summed E-state index contributed by atoms with van der Waals surface area (Å²) in [7, 11) is -2.86. The zero-order valence-electron chi connectivity index (χ0n) is 20.8. The highest BCUT2D eigenvalue weighted by molar-refractivity contribution is 7.87. The lowest BCUT2D eigenvalue weighted by molar-refractivity contribution is 0.0533. The summed E-state index contributed by atoms with van der Waals surface area (Å²) in [5.74, 6) is -1.55. The maximum Gasteiger partial charge on any atom is 0.342 e. The van der Waals surface area contributed by atoms with Crippen LogP contribution in [0.25, 0.3) is 6.08 Å². The summed E-state index contributed by atoms with van der Waals surface area (Å²) < 4.78 is 42.9. The summed E-state index contributed by atoms with van der Waals surface area (Å²) in [5, 5.41) is 9.57. The smallest absolute Gasteiger partial charge is 0.342 e. The SMILES string of the molecule is COc1c(C)c2c(c(OS(=O)(=O)c3ccc(C)cc3)c1C/C=C/c1c(C)cccc1C(=O)O)C(=O)OC2. The second-order valence-electron chi connectivity index (χ2n) is 8.69. The van der Waals surface area contributed by atoms with Crippen LogP contribution in [0.15, 0.2) is 53.4 Å². The minimum absolute atomic E-state index is 0.0292. The van der Waals surface area contributed by atoms with Crippen LogP contribution in [-0.4, -0.2) is 32.6 Å². The average Bonchev–Trinajstić information content (AvgIpc) is 3.24. The predicted octanol–water partition coefficient (Wildman–Crippen LogP) is 5.01. The van der Waals surface area contributed by atoms with E-state index in [4.69, 9.17) is 13.7 Å². The van der Waals surface area contributed by atoms with Crippen molar-refractivity contribution in [2.75, 3.05) is 7.11 Å². The molecule has 1 N–H and O–H groups in total. The van der Waals surface area contributed by atoms with E-state index in [-0.39, 0.29) is 34.8 Å². The van der Waals surface area contributed by atoms with Gasteiger partial charge in [-0.1, -0.05) is 42.0 Å². The van der Waals surface area contributed by atoms with Crippen LogP contribution in [0, 0.1) is 20.8 Å². The third-order valence-corrected chi connectivity index (χ3v) is 7.53. The molecule has 0 radical (unpaired) electrons. The minimum atomic E-state index is -4.30. The number of benzene rings is 3. The molecule has 0 saturated carbocycles. The molecule has 4 rings (SSSR count). The third kappa shape index (κ3) is 4.95. The number of hydrogen-bond acceptors (Lipinski definition) is 7. The first-order chi connectivity index (χ1) is 17.5. The summed E-state index contributed by atoms with van der Waals surface area (Å²) in [6.45, 7) is 5.36. The van der Waals surface area contributed by atoms with E-state index in [0.717, 1.165) is 11.1 Å². The fraction of sp³-hybridized carbons (Fsp3) is 0.214. The molecule has 0 saturated heterocycles. The van der Waals surface area contributed by atoms with Crippen LogP contribution in [0.4, 0.5) is 0 Å². The number of carbonyl (C=O) groups is 2. The van der Waals surface area contributed by atoms with Crippen molar-refractivity contribution in [1.82, 2.24) is 0 Å². The standard InChI is InChI=1S/C28H26O8S/c1-16-11-13-19(14-12-16)37(32,33)36-26-22(25(34-4)18(3)23-15-35-28(31)24(23)26)10-6-8-20-17(2)7-5-9-21(20)27(29)30/h5-9,11-14H,10,15H2,1-4H3,(H,29,30)/b8-6+. The van der Waals surface area contributed by atoms with Crippen LogP contribution in [-0.2, 0) is 27.9 Å². The maximum absolute atomic E-state index is 13.2. The number of hydrogen-bond donors (Lipinski definition) is 1. The second kappa shape index (κ2) is 10.1. The van der Waals surface area contributed by atoms with E-state index < -0.39 is 22.1 Å². The van der Waals surface area contributed by atoms with Gasteiger partial charge in [0.1, 0.15) is 22.8 Å². The van der Waals surface area contributed by atoms with Gasteiger partial charge in [0.15, 0.2) is 5.75 Å². The Balaban J connectivity index is 1.85. The molecule has 0 amide bonds. The van der Waals surface area contributed by atoms with E-state index in [1.165, 1.54) is 25.3 Å². The molecule has 1 heterocycles. The molecule has 0 atom stereocenters. The summed E-state index contributed by atoms with van der Waals surface area (Å²) in [5.41, 5.74) is 3.79. The van der Waals surface area contributed by atoms with E-state index in [0.29, 0.717) is 28.0 Å². The molecule has 9 heteroatoms. The Morgan fingerprint density at radius 3 is 2.43 bits per heavy atom. The van der Waals surface area contributed by atoms with Gasteiger partial charge in [0.25, 0.3) is 0 Å². The number of aromatic carboxylic acids is 1. The van der Waals surface area contributed by atoms with Crippen molar-refractivity contribution in [2.45, 2.75) is 38.7 Å². The lowest BCUT2D eigenvalue weighted by Crippen LogP contribution is -2.15. The number of ether oxygens (including phenoxy) is 2. The molecular formula is C28H26O8S. The fourth-order valence-corrected chi connectivity index (χ4v) is 5.32. The highest BCUT2D eigenvalue weighted by atomic mass is 32.2. The molecule has 0 unspecified atom stereocenters. The van der Waals surface area contributed by atoms with Crippen LogP contribution < -0.4 is 8.92 Å². The number of rotatable bonds is 8. The van der Waals surface area contributed by atoms with Crippen molar-refractivity contribution in [3.63, 3.8) is 0 Å². The monoisotopic (exact) mass is 522 g/mol. The van der Waals surface area contributed by atoms with Gasteiger partial charge in [0.05, 0.1) is 12.7 Å². The molecule has 0 bridgehead atoms. The van der Waals surface area contributed by atoms with Gasteiger partial charge >= 0.3 is 22.1 Å². The largest absolute Gasteiger partial charge is 0.496 e. The van der Waals surface area contributed by atoms with Crippen LogP contribution in [0.5, 0.6) is 11.5 Å². The molecule has 1 aliphatic rings. The molecular weight excluding hydrogens is 496 g/mol. The zero-order valence-corrected chi connectivity index (χ0v) is 21.6. The van der Waals surface area contributed by atoms with E-state index >= 15 is 0 Å². The van der Waals surface area contributed by atoms with Crippen LogP contribution in [0.1, 0.15) is 54.1 Å². The highest BCUT2D eigenvalue weighted by Gasteiger charge is 2.35. The first-order valence-electron chi connectivity index (χ1n) is 11.4. The molecule has 1 aliphatic heterocycles. The van der Waals surface area contributed by atoms with Crippen LogP contribution in [0.3, 0.4) is 0 Å².